The number of rotatable bonds is 2. The van der Waals surface area contributed by atoms with Crippen LogP contribution in [0.2, 0.25) is 0 Å². The van der Waals surface area contributed by atoms with Gasteiger partial charge in [0, 0.05) is 11.8 Å². The molecule has 0 radical (unpaired) electrons. The predicted molar refractivity (Wildman–Crippen MR) is 73.4 cm³/mol. The molecule has 18 heavy (non-hydrogen) atoms. The normalized spacial score (nSPS) is 27.4. The van der Waals surface area contributed by atoms with Gasteiger partial charge in [0.25, 0.3) is 5.91 Å². The van der Waals surface area contributed by atoms with Crippen molar-refractivity contribution in [2.75, 3.05) is 7.05 Å². The van der Waals surface area contributed by atoms with Crippen LogP contribution in [0.15, 0.2) is 12.2 Å². The second-order valence-electron chi connectivity index (χ2n) is 6.04. The second-order valence-corrected chi connectivity index (χ2v) is 6.04. The summed E-state index contributed by atoms with van der Waals surface area (Å²) in [5.41, 5.74) is 1.37. The van der Waals surface area contributed by atoms with Gasteiger partial charge in [-0.2, -0.15) is 0 Å². The SMILES string of the molecule is CC(C)C(C(C)C)=[N+]1[C@@H]2C=CCCC2C(=O)N1C. The number of carbonyl (C=O) groups is 1. The minimum Gasteiger partial charge on any atom is -0.268 e. The highest BCUT2D eigenvalue weighted by molar-refractivity contribution is 5.86. The Bertz CT molecular complexity index is 397. The zero-order valence-corrected chi connectivity index (χ0v) is 12.2. The van der Waals surface area contributed by atoms with Crippen LogP contribution in [-0.2, 0) is 4.79 Å². The van der Waals surface area contributed by atoms with Crippen molar-refractivity contribution >= 4 is 11.6 Å². The van der Waals surface area contributed by atoms with E-state index in [-0.39, 0.29) is 17.9 Å². The van der Waals surface area contributed by atoms with Crippen LogP contribution in [-0.4, -0.2) is 34.4 Å². The molecule has 0 spiro atoms. The molecule has 1 fully saturated rings. The Hall–Kier alpha value is -1.12. The van der Waals surface area contributed by atoms with Crippen molar-refractivity contribution in [2.45, 2.75) is 46.6 Å². The molecule has 0 bridgehead atoms. The number of fused-ring (bicyclic) bond motifs is 1. The van der Waals surface area contributed by atoms with Gasteiger partial charge in [-0.3, -0.25) is 4.79 Å². The molecule has 1 amide bonds. The number of nitrogens with zero attached hydrogens (tertiary/aromatic N) is 2. The fourth-order valence-corrected chi connectivity index (χ4v) is 3.43. The molecule has 2 rings (SSSR count). The third-order valence-corrected chi connectivity index (χ3v) is 4.08. The molecule has 1 aliphatic heterocycles. The van der Waals surface area contributed by atoms with Crippen LogP contribution in [0.4, 0.5) is 0 Å². The number of amides is 1. The lowest BCUT2D eigenvalue weighted by molar-refractivity contribution is -0.674. The Morgan fingerprint density at radius 2 is 1.94 bits per heavy atom. The molecule has 2 aliphatic rings. The summed E-state index contributed by atoms with van der Waals surface area (Å²) in [7, 11) is 1.92. The topological polar surface area (TPSA) is 23.3 Å². The molecule has 3 heteroatoms. The van der Waals surface area contributed by atoms with Crippen molar-refractivity contribution in [3.63, 3.8) is 0 Å². The van der Waals surface area contributed by atoms with Gasteiger partial charge in [-0.15, -0.1) is 9.69 Å². The van der Waals surface area contributed by atoms with E-state index in [1.807, 2.05) is 12.1 Å². The van der Waals surface area contributed by atoms with Crippen LogP contribution >= 0.6 is 0 Å². The van der Waals surface area contributed by atoms with E-state index in [0.717, 1.165) is 12.8 Å². The number of allylic oxidation sites excluding steroid dienone is 1. The minimum atomic E-state index is 0.160. The smallest absolute Gasteiger partial charge is 0.268 e. The monoisotopic (exact) mass is 249 g/mol. The average Bonchev–Trinajstić information content (AvgIpc) is 2.55. The maximum atomic E-state index is 12.3. The summed E-state index contributed by atoms with van der Waals surface area (Å²) in [6.45, 7) is 8.86. The third-order valence-electron chi connectivity index (χ3n) is 4.08. The van der Waals surface area contributed by atoms with Gasteiger partial charge in [0.05, 0.1) is 7.05 Å². The Morgan fingerprint density at radius 1 is 1.33 bits per heavy atom. The van der Waals surface area contributed by atoms with E-state index in [0.29, 0.717) is 11.8 Å². The lowest BCUT2D eigenvalue weighted by atomic mass is 9.89. The van der Waals surface area contributed by atoms with Gasteiger partial charge in [0.1, 0.15) is 5.92 Å². The van der Waals surface area contributed by atoms with Crippen LogP contribution in [0, 0.1) is 17.8 Å². The first kappa shape index (κ1) is 13.3. The van der Waals surface area contributed by atoms with E-state index in [1.54, 1.807) is 0 Å². The minimum absolute atomic E-state index is 0.160. The molecule has 1 saturated heterocycles. The van der Waals surface area contributed by atoms with E-state index in [1.165, 1.54) is 5.71 Å². The summed E-state index contributed by atoms with van der Waals surface area (Å²) >= 11 is 0. The summed E-state index contributed by atoms with van der Waals surface area (Å²) < 4.78 is 2.25. The first-order valence-corrected chi connectivity index (χ1v) is 7.05. The Kier molecular flexibility index (Phi) is 3.60. The van der Waals surface area contributed by atoms with Gasteiger partial charge < -0.3 is 0 Å². The molecule has 0 aromatic heterocycles. The predicted octanol–water partition coefficient (Wildman–Crippen LogP) is 2.47. The van der Waals surface area contributed by atoms with Crippen LogP contribution in [0.1, 0.15) is 40.5 Å². The standard InChI is InChI=1S/C15H25N2O/c1-10(2)14(11(3)4)17-13-9-7-6-8-12(13)15(18)16(17)5/h7,9-13H,6,8H2,1-5H3/q+1/t12?,13-/m1/s1. The third kappa shape index (κ3) is 2.00. The molecule has 0 aromatic carbocycles. The van der Waals surface area contributed by atoms with Gasteiger partial charge in [-0.05, 0) is 18.9 Å². The van der Waals surface area contributed by atoms with E-state index in [4.69, 9.17) is 0 Å². The van der Waals surface area contributed by atoms with Crippen LogP contribution in [0.3, 0.4) is 0 Å². The fourth-order valence-electron chi connectivity index (χ4n) is 3.43. The van der Waals surface area contributed by atoms with E-state index in [9.17, 15) is 4.79 Å². The lowest BCUT2D eigenvalue weighted by Gasteiger charge is -2.19. The Morgan fingerprint density at radius 3 is 2.50 bits per heavy atom. The highest BCUT2D eigenvalue weighted by Crippen LogP contribution is 2.31. The van der Waals surface area contributed by atoms with Gasteiger partial charge >= 0.3 is 0 Å². The van der Waals surface area contributed by atoms with Crippen molar-refractivity contribution in [2.24, 2.45) is 17.8 Å². The number of hydrogen-bond donors (Lipinski definition) is 0. The summed E-state index contributed by atoms with van der Waals surface area (Å²) in [6, 6.07) is 0.246. The Balaban J connectivity index is 2.53. The van der Waals surface area contributed by atoms with E-state index < -0.39 is 0 Å². The molecule has 100 valence electrons. The summed E-state index contributed by atoms with van der Waals surface area (Å²) in [4.78, 5) is 12.3. The van der Waals surface area contributed by atoms with Crippen molar-refractivity contribution < 1.29 is 9.48 Å². The largest absolute Gasteiger partial charge is 0.287 e. The van der Waals surface area contributed by atoms with Crippen molar-refractivity contribution in [1.29, 1.82) is 0 Å². The molecule has 1 heterocycles. The maximum Gasteiger partial charge on any atom is 0.287 e. The first-order chi connectivity index (χ1) is 8.45. The molecule has 1 aliphatic carbocycles. The number of hydrazone groups is 1. The summed E-state index contributed by atoms with van der Waals surface area (Å²) in [6.07, 6.45) is 6.47. The molecule has 0 aromatic rings. The van der Waals surface area contributed by atoms with E-state index in [2.05, 4.69) is 44.5 Å². The lowest BCUT2D eigenvalue weighted by Crippen LogP contribution is -2.40. The molecule has 0 saturated carbocycles. The van der Waals surface area contributed by atoms with Gasteiger partial charge in [-0.25, -0.2) is 0 Å². The van der Waals surface area contributed by atoms with Crippen LogP contribution in [0.5, 0.6) is 0 Å². The molecule has 0 N–H and O–H groups in total. The summed E-state index contributed by atoms with van der Waals surface area (Å²) in [5.74, 6) is 1.37. The number of hydrogen-bond acceptors (Lipinski definition) is 1. The van der Waals surface area contributed by atoms with Crippen molar-refractivity contribution in [3.8, 4) is 0 Å². The molecular weight excluding hydrogens is 224 g/mol. The zero-order chi connectivity index (χ0) is 13.4. The van der Waals surface area contributed by atoms with Gasteiger partial charge in [-0.1, -0.05) is 33.8 Å². The number of carbonyl (C=O) groups excluding carboxylic acids is 1. The molecule has 2 atom stereocenters. The summed E-state index contributed by atoms with van der Waals surface area (Å²) in [5, 5.41) is 1.85. The maximum absolute atomic E-state index is 12.3. The average molecular weight is 249 g/mol. The highest BCUT2D eigenvalue weighted by Gasteiger charge is 2.51. The van der Waals surface area contributed by atoms with Crippen molar-refractivity contribution in [1.82, 2.24) is 5.01 Å². The zero-order valence-electron chi connectivity index (χ0n) is 12.2. The molecule has 3 nitrogen and oxygen atoms in total. The van der Waals surface area contributed by atoms with Crippen LogP contribution < -0.4 is 0 Å². The first-order valence-electron chi connectivity index (χ1n) is 7.05. The highest BCUT2D eigenvalue weighted by atomic mass is 16.2. The van der Waals surface area contributed by atoms with E-state index >= 15 is 0 Å². The van der Waals surface area contributed by atoms with Gasteiger partial charge in [0.2, 0.25) is 6.04 Å². The number of hydrazine groups is 1. The Labute approximate surface area is 110 Å². The quantitative estimate of drug-likeness (QED) is 0.545. The second kappa shape index (κ2) is 4.87. The molecule has 1 unspecified atom stereocenters. The van der Waals surface area contributed by atoms with Crippen molar-refractivity contribution in [3.05, 3.63) is 12.2 Å². The molecular formula is C15H25N2O+. The van der Waals surface area contributed by atoms with Crippen LogP contribution in [0.25, 0.3) is 0 Å². The van der Waals surface area contributed by atoms with Gasteiger partial charge in [0.15, 0.2) is 5.71 Å². The fraction of sp³-hybridized carbons (Fsp3) is 0.733.